The molecule has 6 nitrogen and oxygen atoms in total. The van der Waals surface area contributed by atoms with E-state index in [1.807, 2.05) is 0 Å². The highest BCUT2D eigenvalue weighted by Gasteiger charge is 2.39. The number of anilines is 2. The van der Waals surface area contributed by atoms with E-state index in [0.29, 0.717) is 12.1 Å². The summed E-state index contributed by atoms with van der Waals surface area (Å²) in [6.45, 7) is 0. The van der Waals surface area contributed by atoms with E-state index in [9.17, 15) is 30.0 Å². The molecule has 3 aromatic rings. The lowest BCUT2D eigenvalue weighted by Gasteiger charge is -2.25. The predicted octanol–water partition coefficient (Wildman–Crippen LogP) is 4.80. The highest BCUT2D eigenvalue weighted by atomic mass is 79.9. The number of sulfonamides is 2. The largest absolute Gasteiger partial charge is 0.399 e. The SMILES string of the molecule is Nc1ccc(F)c(N(S(=O)(=O)c2ccc(Br)c(F)c2)S(=O)(=O)c2ccc(Br)c(F)c2)c1. The van der Waals surface area contributed by atoms with Crippen LogP contribution in [0.5, 0.6) is 0 Å². The Morgan fingerprint density at radius 1 is 0.677 bits per heavy atom. The van der Waals surface area contributed by atoms with Gasteiger partial charge in [0.2, 0.25) is 0 Å². The van der Waals surface area contributed by atoms with Crippen LogP contribution in [0.25, 0.3) is 0 Å². The average Bonchev–Trinajstić information content (AvgIpc) is 2.68. The second-order valence-electron chi connectivity index (χ2n) is 6.07. The molecule has 3 rings (SSSR count). The fourth-order valence-corrected chi connectivity index (χ4v) is 6.73. The lowest BCUT2D eigenvalue weighted by Crippen LogP contribution is -2.37. The second-order valence-corrected chi connectivity index (χ2v) is 11.6. The summed E-state index contributed by atoms with van der Waals surface area (Å²) in [6.07, 6.45) is 0. The van der Waals surface area contributed by atoms with Gasteiger partial charge in [-0.05, 0) is 86.5 Å². The summed E-state index contributed by atoms with van der Waals surface area (Å²) in [7, 11) is -10.2. The van der Waals surface area contributed by atoms with Gasteiger partial charge in [-0.1, -0.05) is 0 Å². The van der Waals surface area contributed by atoms with Crippen molar-refractivity contribution in [2.24, 2.45) is 0 Å². The van der Waals surface area contributed by atoms with Gasteiger partial charge in [-0.15, -0.1) is 0 Å². The van der Waals surface area contributed by atoms with E-state index in [0.717, 1.165) is 42.5 Å². The minimum absolute atomic E-state index is 0.0778. The summed E-state index contributed by atoms with van der Waals surface area (Å²) in [5.41, 5.74) is 4.52. The maximum absolute atomic E-state index is 14.6. The molecule has 0 fully saturated rings. The number of rotatable bonds is 5. The third kappa shape index (κ3) is 4.45. The Morgan fingerprint density at radius 3 is 1.55 bits per heavy atom. The lowest BCUT2D eigenvalue weighted by atomic mass is 10.3. The van der Waals surface area contributed by atoms with Gasteiger partial charge in [0, 0.05) is 5.69 Å². The van der Waals surface area contributed by atoms with Crippen LogP contribution in [0.2, 0.25) is 0 Å². The summed E-state index contributed by atoms with van der Waals surface area (Å²) in [6, 6.07) is 7.72. The van der Waals surface area contributed by atoms with Gasteiger partial charge in [0.05, 0.1) is 18.7 Å². The topological polar surface area (TPSA) is 97.5 Å². The molecule has 0 bridgehead atoms. The standard InChI is InChI=1S/C18H11Br2F3N2O4S2/c19-13-4-2-11(8-16(13)22)30(26,27)25(18-7-10(24)1-6-15(18)21)31(28,29)12-3-5-14(20)17(23)9-12/h1-9H,24H2. The van der Waals surface area contributed by atoms with Crippen molar-refractivity contribution in [3.63, 3.8) is 0 Å². The van der Waals surface area contributed by atoms with E-state index in [-0.39, 0.29) is 18.3 Å². The fraction of sp³-hybridized carbons (Fsp3) is 0. The normalized spacial score (nSPS) is 12.0. The van der Waals surface area contributed by atoms with Crippen molar-refractivity contribution in [3.05, 3.63) is 81.0 Å². The monoisotopic (exact) mass is 598 g/mol. The van der Waals surface area contributed by atoms with Gasteiger partial charge in [-0.3, -0.25) is 0 Å². The van der Waals surface area contributed by atoms with Crippen LogP contribution in [-0.2, 0) is 20.0 Å². The van der Waals surface area contributed by atoms with Gasteiger partial charge in [0.25, 0.3) is 20.0 Å². The minimum atomic E-state index is -5.11. The van der Waals surface area contributed by atoms with Gasteiger partial charge in [-0.25, -0.2) is 30.0 Å². The molecule has 0 saturated carbocycles. The van der Waals surface area contributed by atoms with Gasteiger partial charge in [-0.2, -0.15) is 3.71 Å². The Bertz CT molecular complexity index is 1320. The van der Waals surface area contributed by atoms with Gasteiger partial charge in [0.15, 0.2) is 0 Å². The van der Waals surface area contributed by atoms with Crippen molar-refractivity contribution in [2.45, 2.75) is 9.79 Å². The molecule has 0 unspecified atom stereocenters. The van der Waals surface area contributed by atoms with Gasteiger partial charge in [0.1, 0.15) is 23.1 Å². The molecule has 0 atom stereocenters. The van der Waals surface area contributed by atoms with Crippen molar-refractivity contribution < 1.29 is 30.0 Å². The van der Waals surface area contributed by atoms with Crippen molar-refractivity contribution in [2.75, 3.05) is 9.44 Å². The molecule has 164 valence electrons. The van der Waals surface area contributed by atoms with Crippen molar-refractivity contribution >= 4 is 63.3 Å². The highest BCUT2D eigenvalue weighted by molar-refractivity contribution is 9.10. The molecule has 0 spiro atoms. The van der Waals surface area contributed by atoms with Crippen molar-refractivity contribution in [3.8, 4) is 0 Å². The van der Waals surface area contributed by atoms with E-state index in [4.69, 9.17) is 5.73 Å². The maximum atomic E-state index is 14.6. The summed E-state index contributed by atoms with van der Waals surface area (Å²) >= 11 is 5.73. The molecule has 3 aromatic carbocycles. The Labute approximate surface area is 192 Å². The second kappa shape index (κ2) is 8.45. The predicted molar refractivity (Wildman–Crippen MR) is 116 cm³/mol. The number of benzene rings is 3. The summed E-state index contributed by atoms with van der Waals surface area (Å²) in [5, 5.41) is 0. The van der Waals surface area contributed by atoms with E-state index >= 15 is 0 Å². The van der Waals surface area contributed by atoms with E-state index < -0.39 is 53.0 Å². The fourth-order valence-electron chi connectivity index (χ4n) is 2.52. The average molecular weight is 600 g/mol. The number of halogens is 5. The number of hydrogen-bond donors (Lipinski definition) is 1. The maximum Gasteiger partial charge on any atom is 0.277 e. The summed E-state index contributed by atoms with van der Waals surface area (Å²) in [5.74, 6) is -3.24. The smallest absolute Gasteiger partial charge is 0.277 e. The molecule has 0 aromatic heterocycles. The Hall–Kier alpha value is -2.09. The molecule has 2 N–H and O–H groups in total. The molecular formula is C18H11Br2F3N2O4S2. The summed E-state index contributed by atoms with van der Waals surface area (Å²) < 4.78 is 95.4. The third-order valence-electron chi connectivity index (χ3n) is 3.98. The molecule has 31 heavy (non-hydrogen) atoms. The number of nitrogens with two attached hydrogens (primary N) is 1. The zero-order valence-corrected chi connectivity index (χ0v) is 19.9. The first kappa shape index (κ1) is 23.6. The van der Waals surface area contributed by atoms with Gasteiger partial charge >= 0.3 is 0 Å². The first-order chi connectivity index (χ1) is 14.4. The molecule has 0 saturated heterocycles. The van der Waals surface area contributed by atoms with E-state index in [1.54, 1.807) is 0 Å². The Balaban J connectivity index is 2.35. The zero-order valence-electron chi connectivity index (χ0n) is 15.1. The van der Waals surface area contributed by atoms with Crippen LogP contribution in [0.4, 0.5) is 24.5 Å². The molecule has 13 heteroatoms. The van der Waals surface area contributed by atoms with Crippen molar-refractivity contribution in [1.82, 2.24) is 0 Å². The van der Waals surface area contributed by atoms with Crippen molar-refractivity contribution in [1.29, 1.82) is 0 Å². The van der Waals surface area contributed by atoms with Crippen LogP contribution in [0.1, 0.15) is 0 Å². The first-order valence-electron chi connectivity index (χ1n) is 8.11. The summed E-state index contributed by atoms with van der Waals surface area (Å²) in [4.78, 5) is -1.56. The number of nitrogen functional groups attached to an aromatic ring is 1. The van der Waals surface area contributed by atoms with Crippen LogP contribution in [0, 0.1) is 17.5 Å². The first-order valence-corrected chi connectivity index (χ1v) is 12.6. The molecule has 0 aliphatic heterocycles. The molecule has 0 aliphatic carbocycles. The van der Waals surface area contributed by atoms with E-state index in [1.165, 1.54) is 0 Å². The van der Waals surface area contributed by atoms with E-state index in [2.05, 4.69) is 31.9 Å². The quantitative estimate of drug-likeness (QED) is 0.425. The van der Waals surface area contributed by atoms with Gasteiger partial charge < -0.3 is 5.73 Å². The highest BCUT2D eigenvalue weighted by Crippen LogP contribution is 2.35. The van der Waals surface area contributed by atoms with Crippen LogP contribution >= 0.6 is 31.9 Å². The van der Waals surface area contributed by atoms with Crippen LogP contribution in [0.15, 0.2) is 73.3 Å². The zero-order chi connectivity index (χ0) is 23.1. The Kier molecular flexibility index (Phi) is 6.42. The Morgan fingerprint density at radius 2 is 1.13 bits per heavy atom. The lowest BCUT2D eigenvalue weighted by molar-refractivity contribution is 0.575. The molecule has 0 radical (unpaired) electrons. The molecule has 0 amide bonds. The number of nitrogens with zero attached hydrogens (tertiary/aromatic N) is 1. The number of hydrogen-bond acceptors (Lipinski definition) is 5. The minimum Gasteiger partial charge on any atom is -0.399 e. The molecular weight excluding hydrogens is 589 g/mol. The molecule has 0 aliphatic rings. The van der Waals surface area contributed by atoms with Crippen LogP contribution in [-0.4, -0.2) is 16.8 Å². The molecule has 0 heterocycles. The van der Waals surface area contributed by atoms with Crippen LogP contribution < -0.4 is 9.44 Å². The van der Waals surface area contributed by atoms with Crippen LogP contribution in [0.3, 0.4) is 0 Å². The third-order valence-corrected chi connectivity index (χ3v) is 9.41.